The van der Waals surface area contributed by atoms with E-state index < -0.39 is 10.0 Å². The molecule has 0 amide bonds. The third-order valence-corrected chi connectivity index (χ3v) is 6.39. The standard InChI is InChI=1S/C19H21N3O2S/c1-21(25(23,24)19-11-5-3-8-16(19)14-20)15-17-9-2-4-10-18(17)22-12-6-7-13-22/h2-5,8-11H,6-7,12-13,15H2,1H3. The van der Waals surface area contributed by atoms with Crippen LogP contribution in [0.2, 0.25) is 0 Å². The van der Waals surface area contributed by atoms with E-state index in [-0.39, 0.29) is 17.0 Å². The minimum Gasteiger partial charge on any atom is -0.371 e. The Labute approximate surface area is 149 Å². The fourth-order valence-electron chi connectivity index (χ4n) is 3.19. The number of hydrogen-bond donors (Lipinski definition) is 0. The van der Waals surface area contributed by atoms with Gasteiger partial charge in [0.2, 0.25) is 10.0 Å². The van der Waals surface area contributed by atoms with Crippen LogP contribution in [0.1, 0.15) is 24.0 Å². The van der Waals surface area contributed by atoms with Gasteiger partial charge >= 0.3 is 0 Å². The number of para-hydroxylation sites is 1. The van der Waals surface area contributed by atoms with Crippen molar-refractivity contribution in [1.29, 1.82) is 5.26 Å². The molecule has 0 spiro atoms. The van der Waals surface area contributed by atoms with Crippen molar-refractivity contribution in [3.05, 3.63) is 59.7 Å². The fourth-order valence-corrected chi connectivity index (χ4v) is 4.47. The van der Waals surface area contributed by atoms with Gasteiger partial charge in [0.05, 0.1) is 10.5 Å². The molecule has 1 saturated heterocycles. The zero-order valence-electron chi connectivity index (χ0n) is 14.2. The molecular formula is C19H21N3O2S. The van der Waals surface area contributed by atoms with E-state index in [0.717, 1.165) is 37.2 Å². The Kier molecular flexibility index (Phi) is 5.07. The average molecular weight is 355 g/mol. The van der Waals surface area contributed by atoms with Gasteiger partial charge in [0.1, 0.15) is 6.07 Å². The molecular weight excluding hydrogens is 334 g/mol. The van der Waals surface area contributed by atoms with Crippen molar-refractivity contribution in [3.8, 4) is 6.07 Å². The topological polar surface area (TPSA) is 64.4 Å². The van der Waals surface area contributed by atoms with Crippen LogP contribution in [0, 0.1) is 11.3 Å². The Morgan fingerprint density at radius 3 is 2.44 bits per heavy atom. The first-order valence-electron chi connectivity index (χ1n) is 8.32. The molecule has 0 atom stereocenters. The van der Waals surface area contributed by atoms with Crippen LogP contribution in [0.3, 0.4) is 0 Å². The summed E-state index contributed by atoms with van der Waals surface area (Å²) in [5.74, 6) is 0. The van der Waals surface area contributed by atoms with E-state index >= 15 is 0 Å². The number of rotatable bonds is 5. The largest absolute Gasteiger partial charge is 0.371 e. The predicted molar refractivity (Wildman–Crippen MR) is 97.7 cm³/mol. The van der Waals surface area contributed by atoms with Crippen LogP contribution in [0.4, 0.5) is 5.69 Å². The molecule has 0 radical (unpaired) electrons. The maximum absolute atomic E-state index is 12.9. The summed E-state index contributed by atoms with van der Waals surface area (Å²) >= 11 is 0. The summed E-state index contributed by atoms with van der Waals surface area (Å²) in [5, 5.41) is 9.20. The van der Waals surface area contributed by atoms with Gasteiger partial charge in [-0.1, -0.05) is 30.3 Å². The van der Waals surface area contributed by atoms with Crippen molar-refractivity contribution in [3.63, 3.8) is 0 Å². The molecule has 0 unspecified atom stereocenters. The van der Waals surface area contributed by atoms with Crippen LogP contribution in [0.25, 0.3) is 0 Å². The van der Waals surface area contributed by atoms with Crippen molar-refractivity contribution >= 4 is 15.7 Å². The molecule has 25 heavy (non-hydrogen) atoms. The highest BCUT2D eigenvalue weighted by molar-refractivity contribution is 7.89. The lowest BCUT2D eigenvalue weighted by atomic mass is 10.1. The lowest BCUT2D eigenvalue weighted by Crippen LogP contribution is -2.28. The van der Waals surface area contributed by atoms with Crippen LogP contribution in [-0.4, -0.2) is 32.9 Å². The Bertz CT molecular complexity index is 897. The molecule has 0 aliphatic carbocycles. The zero-order valence-corrected chi connectivity index (χ0v) is 15.0. The molecule has 1 heterocycles. The van der Waals surface area contributed by atoms with Gasteiger partial charge in [-0.3, -0.25) is 0 Å². The molecule has 0 bridgehead atoms. The summed E-state index contributed by atoms with van der Waals surface area (Å²) in [5.41, 5.74) is 2.24. The summed E-state index contributed by atoms with van der Waals surface area (Å²) < 4.78 is 27.1. The van der Waals surface area contributed by atoms with Crippen LogP contribution in [0.5, 0.6) is 0 Å². The predicted octanol–water partition coefficient (Wildman–Crippen LogP) is 2.98. The molecule has 2 aromatic rings. The summed E-state index contributed by atoms with van der Waals surface area (Å²) in [6.45, 7) is 2.28. The van der Waals surface area contributed by atoms with Gasteiger partial charge in [-0.2, -0.15) is 9.57 Å². The third-order valence-electron chi connectivity index (χ3n) is 4.53. The average Bonchev–Trinajstić information content (AvgIpc) is 3.16. The normalized spacial score (nSPS) is 14.7. The second kappa shape index (κ2) is 7.26. The zero-order chi connectivity index (χ0) is 17.9. The number of nitriles is 1. The van der Waals surface area contributed by atoms with Gasteiger partial charge in [-0.25, -0.2) is 8.42 Å². The van der Waals surface area contributed by atoms with Gasteiger partial charge in [0, 0.05) is 32.4 Å². The Hall–Kier alpha value is -2.36. The van der Waals surface area contributed by atoms with E-state index in [2.05, 4.69) is 4.90 Å². The number of benzene rings is 2. The summed E-state index contributed by atoms with van der Waals surface area (Å²) in [7, 11) is -2.17. The van der Waals surface area contributed by atoms with E-state index in [4.69, 9.17) is 0 Å². The molecule has 0 N–H and O–H groups in total. The maximum atomic E-state index is 12.9. The number of nitrogens with zero attached hydrogens (tertiary/aromatic N) is 3. The van der Waals surface area contributed by atoms with Crippen molar-refractivity contribution in [2.75, 3.05) is 25.0 Å². The molecule has 3 rings (SSSR count). The molecule has 0 saturated carbocycles. The van der Waals surface area contributed by atoms with Gasteiger partial charge in [0.15, 0.2) is 0 Å². The molecule has 1 aliphatic rings. The SMILES string of the molecule is CN(Cc1ccccc1N1CCCC1)S(=O)(=O)c1ccccc1C#N. The molecule has 130 valence electrons. The number of anilines is 1. The lowest BCUT2D eigenvalue weighted by molar-refractivity contribution is 0.466. The first-order valence-corrected chi connectivity index (χ1v) is 9.76. The minimum atomic E-state index is -3.73. The van der Waals surface area contributed by atoms with Crippen molar-refractivity contribution < 1.29 is 8.42 Å². The van der Waals surface area contributed by atoms with Gasteiger partial charge in [0.25, 0.3) is 0 Å². The molecule has 1 aliphatic heterocycles. The highest BCUT2D eigenvalue weighted by atomic mass is 32.2. The molecule has 2 aromatic carbocycles. The minimum absolute atomic E-state index is 0.0543. The van der Waals surface area contributed by atoms with E-state index in [1.54, 1.807) is 19.2 Å². The molecule has 6 heteroatoms. The molecule has 1 fully saturated rings. The smallest absolute Gasteiger partial charge is 0.244 e. The quantitative estimate of drug-likeness (QED) is 0.827. The van der Waals surface area contributed by atoms with Gasteiger partial charge < -0.3 is 4.90 Å². The van der Waals surface area contributed by atoms with Crippen LogP contribution >= 0.6 is 0 Å². The van der Waals surface area contributed by atoms with Gasteiger partial charge in [-0.05, 0) is 36.6 Å². The summed E-state index contributed by atoms with van der Waals surface area (Å²) in [6.07, 6.45) is 2.33. The maximum Gasteiger partial charge on any atom is 0.244 e. The first-order chi connectivity index (χ1) is 12.0. The Morgan fingerprint density at radius 2 is 1.72 bits per heavy atom. The monoisotopic (exact) mass is 355 g/mol. The van der Waals surface area contributed by atoms with E-state index in [0.29, 0.717) is 0 Å². The van der Waals surface area contributed by atoms with Crippen LogP contribution in [-0.2, 0) is 16.6 Å². The van der Waals surface area contributed by atoms with Crippen LogP contribution < -0.4 is 4.90 Å². The summed E-state index contributed by atoms with van der Waals surface area (Å²) in [6, 6.07) is 16.2. The highest BCUT2D eigenvalue weighted by Gasteiger charge is 2.25. The number of sulfonamides is 1. The second-order valence-corrected chi connectivity index (χ2v) is 8.21. The molecule has 5 nitrogen and oxygen atoms in total. The van der Waals surface area contributed by atoms with E-state index in [1.807, 2.05) is 30.3 Å². The first kappa shape index (κ1) is 17.5. The van der Waals surface area contributed by atoms with Crippen molar-refractivity contribution in [2.45, 2.75) is 24.3 Å². The molecule has 0 aromatic heterocycles. The van der Waals surface area contributed by atoms with Crippen LogP contribution in [0.15, 0.2) is 53.4 Å². The highest BCUT2D eigenvalue weighted by Crippen LogP contribution is 2.27. The Morgan fingerprint density at radius 1 is 1.08 bits per heavy atom. The fraction of sp³-hybridized carbons (Fsp3) is 0.316. The van der Waals surface area contributed by atoms with Gasteiger partial charge in [-0.15, -0.1) is 0 Å². The van der Waals surface area contributed by atoms with Crippen molar-refractivity contribution in [1.82, 2.24) is 4.31 Å². The third kappa shape index (κ3) is 3.53. The lowest BCUT2D eigenvalue weighted by Gasteiger charge is -2.24. The second-order valence-electron chi connectivity index (χ2n) is 6.19. The van der Waals surface area contributed by atoms with Crippen molar-refractivity contribution in [2.24, 2.45) is 0 Å². The van der Waals surface area contributed by atoms with E-state index in [9.17, 15) is 13.7 Å². The van der Waals surface area contributed by atoms with E-state index in [1.165, 1.54) is 16.4 Å². The summed E-state index contributed by atoms with van der Waals surface area (Å²) in [4.78, 5) is 2.36. The number of hydrogen-bond acceptors (Lipinski definition) is 4. The Balaban J connectivity index is 1.90.